The van der Waals surface area contributed by atoms with Crippen molar-refractivity contribution in [2.75, 3.05) is 0 Å². The van der Waals surface area contributed by atoms with Gasteiger partial charge in [-0.2, -0.15) is 0 Å². The van der Waals surface area contributed by atoms with Crippen LogP contribution in [0, 0.1) is 13.8 Å². The molecule has 29 heavy (non-hydrogen) atoms. The summed E-state index contributed by atoms with van der Waals surface area (Å²) in [6.07, 6.45) is 0. The molecule has 0 bridgehead atoms. The average molecular weight is 389 g/mol. The fourth-order valence-electron chi connectivity index (χ4n) is 2.74. The SMILES string of the molecule is CC(C)c1ccccc1.Cc1ccc(C(C)C)cc1.Cc1ccc(C(C)C)cc1. The molecule has 0 aromatic heterocycles. The van der Waals surface area contributed by atoms with Gasteiger partial charge in [0.15, 0.2) is 0 Å². The Morgan fingerprint density at radius 2 is 0.655 bits per heavy atom. The van der Waals surface area contributed by atoms with E-state index in [-0.39, 0.29) is 0 Å². The van der Waals surface area contributed by atoms with Crippen molar-refractivity contribution in [3.63, 3.8) is 0 Å². The molecule has 0 fully saturated rings. The van der Waals surface area contributed by atoms with Gasteiger partial charge in [-0.15, -0.1) is 0 Å². The predicted octanol–water partition coefficient (Wildman–Crippen LogP) is 9.05. The molecule has 0 radical (unpaired) electrons. The van der Waals surface area contributed by atoms with Crippen LogP contribution in [0.15, 0.2) is 78.9 Å². The first-order valence-corrected chi connectivity index (χ1v) is 10.9. The number of rotatable bonds is 3. The van der Waals surface area contributed by atoms with Crippen molar-refractivity contribution < 1.29 is 0 Å². The quantitative estimate of drug-likeness (QED) is 0.420. The third-order valence-electron chi connectivity index (χ3n) is 4.95. The molecule has 0 heterocycles. The van der Waals surface area contributed by atoms with Crippen molar-refractivity contribution >= 4 is 0 Å². The molecule has 0 nitrogen and oxygen atoms in total. The van der Waals surface area contributed by atoms with Gasteiger partial charge >= 0.3 is 0 Å². The molecule has 0 heteroatoms. The van der Waals surface area contributed by atoms with Crippen molar-refractivity contribution in [1.82, 2.24) is 0 Å². The first-order chi connectivity index (χ1) is 13.7. The van der Waals surface area contributed by atoms with E-state index in [9.17, 15) is 0 Å². The van der Waals surface area contributed by atoms with Gasteiger partial charge < -0.3 is 0 Å². The molecule has 0 saturated carbocycles. The summed E-state index contributed by atoms with van der Waals surface area (Å²) < 4.78 is 0. The van der Waals surface area contributed by atoms with Gasteiger partial charge in [0.1, 0.15) is 0 Å². The maximum Gasteiger partial charge on any atom is -0.0219 e. The Labute approximate surface area is 180 Å². The minimum Gasteiger partial charge on any atom is -0.0622 e. The molecule has 0 aliphatic carbocycles. The van der Waals surface area contributed by atoms with E-state index in [1.54, 1.807) is 0 Å². The van der Waals surface area contributed by atoms with E-state index in [1.165, 1.54) is 27.8 Å². The Morgan fingerprint density at radius 1 is 0.379 bits per heavy atom. The summed E-state index contributed by atoms with van der Waals surface area (Å²) in [5, 5.41) is 0. The first kappa shape index (κ1) is 24.7. The van der Waals surface area contributed by atoms with Gasteiger partial charge in [-0.05, 0) is 48.3 Å². The van der Waals surface area contributed by atoms with Crippen LogP contribution >= 0.6 is 0 Å². The molecular weight excluding hydrogens is 348 g/mol. The summed E-state index contributed by atoms with van der Waals surface area (Å²) in [4.78, 5) is 0. The lowest BCUT2D eigenvalue weighted by atomic mass is 10.0. The van der Waals surface area contributed by atoms with Crippen LogP contribution in [-0.4, -0.2) is 0 Å². The van der Waals surface area contributed by atoms with Crippen LogP contribution < -0.4 is 0 Å². The number of hydrogen-bond donors (Lipinski definition) is 0. The van der Waals surface area contributed by atoms with E-state index in [4.69, 9.17) is 0 Å². The number of benzene rings is 3. The maximum absolute atomic E-state index is 2.21. The van der Waals surface area contributed by atoms with Gasteiger partial charge in [0, 0.05) is 0 Å². The van der Waals surface area contributed by atoms with Crippen LogP contribution in [0.4, 0.5) is 0 Å². The van der Waals surface area contributed by atoms with Gasteiger partial charge in [-0.1, -0.05) is 132 Å². The molecule has 3 rings (SSSR count). The molecule has 0 spiro atoms. The Balaban J connectivity index is 0.000000218. The second kappa shape index (κ2) is 13.0. The van der Waals surface area contributed by atoms with Gasteiger partial charge in [0.05, 0.1) is 0 Å². The molecule has 0 saturated heterocycles. The van der Waals surface area contributed by atoms with Crippen LogP contribution in [-0.2, 0) is 0 Å². The Bertz CT molecular complexity index is 726. The van der Waals surface area contributed by atoms with Crippen LogP contribution in [0.2, 0.25) is 0 Å². The van der Waals surface area contributed by atoms with E-state index in [0.29, 0.717) is 17.8 Å². The summed E-state index contributed by atoms with van der Waals surface area (Å²) in [6.45, 7) is 17.5. The van der Waals surface area contributed by atoms with Crippen molar-refractivity contribution in [1.29, 1.82) is 0 Å². The van der Waals surface area contributed by atoms with E-state index in [2.05, 4.69) is 128 Å². The lowest BCUT2D eigenvalue weighted by molar-refractivity contribution is 0.866. The van der Waals surface area contributed by atoms with Crippen molar-refractivity contribution in [3.8, 4) is 0 Å². The van der Waals surface area contributed by atoms with Gasteiger partial charge in [0.2, 0.25) is 0 Å². The molecule has 0 aliphatic heterocycles. The van der Waals surface area contributed by atoms with Crippen LogP contribution in [0.25, 0.3) is 0 Å². The van der Waals surface area contributed by atoms with Crippen LogP contribution in [0.1, 0.15) is 87.1 Å². The van der Waals surface area contributed by atoms with E-state index < -0.39 is 0 Å². The summed E-state index contributed by atoms with van der Waals surface area (Å²) in [6, 6.07) is 27.9. The third-order valence-corrected chi connectivity index (χ3v) is 4.95. The second-order valence-electron chi connectivity index (χ2n) is 8.70. The highest BCUT2D eigenvalue weighted by molar-refractivity contribution is 5.24. The lowest BCUT2D eigenvalue weighted by Crippen LogP contribution is -1.85. The Kier molecular flexibility index (Phi) is 11.1. The van der Waals surface area contributed by atoms with Crippen LogP contribution in [0.3, 0.4) is 0 Å². The Morgan fingerprint density at radius 3 is 0.897 bits per heavy atom. The number of aryl methyl sites for hydroxylation is 2. The minimum absolute atomic E-state index is 0.653. The molecule has 0 unspecified atom stereocenters. The fourth-order valence-corrected chi connectivity index (χ4v) is 2.74. The van der Waals surface area contributed by atoms with Gasteiger partial charge in [-0.25, -0.2) is 0 Å². The zero-order chi connectivity index (χ0) is 21.8. The smallest absolute Gasteiger partial charge is 0.0219 e. The topological polar surface area (TPSA) is 0 Å². The summed E-state index contributed by atoms with van der Waals surface area (Å²) >= 11 is 0. The van der Waals surface area contributed by atoms with Crippen molar-refractivity contribution in [3.05, 3.63) is 107 Å². The summed E-state index contributed by atoms with van der Waals surface area (Å²) in [5.74, 6) is 1.97. The largest absolute Gasteiger partial charge is 0.0622 e. The van der Waals surface area contributed by atoms with Gasteiger partial charge in [-0.3, -0.25) is 0 Å². The van der Waals surface area contributed by atoms with Crippen molar-refractivity contribution in [2.24, 2.45) is 0 Å². The molecule has 0 N–H and O–H groups in total. The fraction of sp³-hybridized carbons (Fsp3) is 0.379. The zero-order valence-electron chi connectivity index (χ0n) is 19.7. The average Bonchev–Trinajstić information content (AvgIpc) is 2.70. The minimum atomic E-state index is 0.653. The number of hydrogen-bond acceptors (Lipinski definition) is 0. The predicted molar refractivity (Wildman–Crippen MR) is 131 cm³/mol. The molecule has 156 valence electrons. The van der Waals surface area contributed by atoms with E-state index in [0.717, 1.165) is 0 Å². The summed E-state index contributed by atoms with van der Waals surface area (Å²) in [5.41, 5.74) is 6.93. The monoisotopic (exact) mass is 388 g/mol. The zero-order valence-corrected chi connectivity index (χ0v) is 19.7. The standard InChI is InChI=1S/2C10H14.C9H12/c2*1-8(2)10-6-4-9(3)5-7-10;1-8(2)9-6-4-3-5-7-9/h2*4-8H,1-3H3;3-8H,1-2H3. The van der Waals surface area contributed by atoms with Gasteiger partial charge in [0.25, 0.3) is 0 Å². The third kappa shape index (κ3) is 10.1. The molecular formula is C29H40. The molecule has 0 atom stereocenters. The van der Waals surface area contributed by atoms with E-state index >= 15 is 0 Å². The molecule has 3 aromatic rings. The molecule has 0 amide bonds. The summed E-state index contributed by atoms with van der Waals surface area (Å²) in [7, 11) is 0. The lowest BCUT2D eigenvalue weighted by Gasteiger charge is -2.03. The second-order valence-corrected chi connectivity index (χ2v) is 8.70. The highest BCUT2D eigenvalue weighted by Gasteiger charge is 1.96. The first-order valence-electron chi connectivity index (χ1n) is 10.9. The highest BCUT2D eigenvalue weighted by atomic mass is 14.0. The maximum atomic E-state index is 2.21. The molecule has 0 aliphatic rings. The highest BCUT2D eigenvalue weighted by Crippen LogP contribution is 2.14. The Hall–Kier alpha value is -2.34. The molecule has 3 aromatic carbocycles. The van der Waals surface area contributed by atoms with Crippen molar-refractivity contribution in [2.45, 2.75) is 73.1 Å². The van der Waals surface area contributed by atoms with E-state index in [1.807, 2.05) is 6.07 Å². The van der Waals surface area contributed by atoms with Crippen LogP contribution in [0.5, 0.6) is 0 Å². The normalized spacial score (nSPS) is 10.3.